The summed E-state index contributed by atoms with van der Waals surface area (Å²) in [5.74, 6) is 0.0451. The third-order valence-electron chi connectivity index (χ3n) is 5.12. The number of rotatable bonds is 3. The normalized spacial score (nSPS) is 15.9. The zero-order chi connectivity index (χ0) is 23.0. The molecule has 0 atom stereocenters. The highest BCUT2D eigenvalue weighted by molar-refractivity contribution is 7.20. The quantitative estimate of drug-likeness (QED) is 0.704. The lowest BCUT2D eigenvalue weighted by Gasteiger charge is -2.32. The predicted molar refractivity (Wildman–Crippen MR) is 112 cm³/mol. The van der Waals surface area contributed by atoms with Gasteiger partial charge in [-0.15, -0.1) is 11.3 Å². The summed E-state index contributed by atoms with van der Waals surface area (Å²) in [4.78, 5) is 30.9. The Kier molecular flexibility index (Phi) is 6.50. The summed E-state index contributed by atoms with van der Waals surface area (Å²) in [5, 5.41) is 3.33. The molecule has 0 bridgehead atoms. The first-order chi connectivity index (χ1) is 14.3. The van der Waals surface area contributed by atoms with Crippen LogP contribution in [0.3, 0.4) is 0 Å². The van der Waals surface area contributed by atoms with Gasteiger partial charge in [-0.3, -0.25) is 4.79 Å². The molecular weight excluding hydrogens is 431 g/mol. The van der Waals surface area contributed by atoms with E-state index in [0.29, 0.717) is 35.5 Å². The molecule has 0 unspecified atom stereocenters. The van der Waals surface area contributed by atoms with E-state index in [0.717, 1.165) is 30.2 Å². The van der Waals surface area contributed by atoms with Crippen molar-refractivity contribution in [1.29, 1.82) is 0 Å². The van der Waals surface area contributed by atoms with Gasteiger partial charge in [-0.25, -0.2) is 9.78 Å². The minimum absolute atomic E-state index is 0.187. The van der Waals surface area contributed by atoms with Gasteiger partial charge in [-0.05, 0) is 64.2 Å². The van der Waals surface area contributed by atoms with Gasteiger partial charge in [0.1, 0.15) is 16.1 Å². The first-order valence-corrected chi connectivity index (χ1v) is 10.9. The van der Waals surface area contributed by atoms with E-state index in [1.807, 2.05) is 0 Å². The molecule has 10 heteroatoms. The number of ether oxygens (including phenoxy) is 1. The maximum Gasteiger partial charge on any atom is 0.433 e. The number of alkyl halides is 3. The van der Waals surface area contributed by atoms with Gasteiger partial charge in [0.15, 0.2) is 0 Å². The molecule has 2 amide bonds. The zero-order valence-electron chi connectivity index (χ0n) is 17.9. The first kappa shape index (κ1) is 23.3. The van der Waals surface area contributed by atoms with Crippen LogP contribution < -0.4 is 5.32 Å². The molecule has 2 aromatic heterocycles. The van der Waals surface area contributed by atoms with Gasteiger partial charge in [-0.1, -0.05) is 0 Å². The van der Waals surface area contributed by atoms with Gasteiger partial charge in [0, 0.05) is 25.0 Å². The molecule has 0 spiro atoms. The Labute approximate surface area is 182 Å². The number of amides is 2. The van der Waals surface area contributed by atoms with Crippen molar-refractivity contribution in [1.82, 2.24) is 15.2 Å². The molecule has 6 nitrogen and oxygen atoms in total. The lowest BCUT2D eigenvalue weighted by molar-refractivity contribution is -0.140. The molecule has 2 aromatic rings. The number of piperidine rings is 1. The summed E-state index contributed by atoms with van der Waals surface area (Å²) >= 11 is 1.00. The van der Waals surface area contributed by atoms with Crippen molar-refractivity contribution >= 4 is 33.6 Å². The Morgan fingerprint density at radius 2 is 1.87 bits per heavy atom. The van der Waals surface area contributed by atoms with Crippen LogP contribution in [-0.4, -0.2) is 47.1 Å². The molecule has 1 aliphatic heterocycles. The molecule has 0 radical (unpaired) electrons. The van der Waals surface area contributed by atoms with Gasteiger partial charge in [0.25, 0.3) is 5.91 Å². The number of aryl methyl sites for hydroxylation is 1. The van der Waals surface area contributed by atoms with Crippen molar-refractivity contribution < 1.29 is 27.5 Å². The molecule has 0 saturated carbocycles. The van der Waals surface area contributed by atoms with Crippen molar-refractivity contribution in [2.75, 3.05) is 19.6 Å². The Bertz CT molecular complexity index is 974. The van der Waals surface area contributed by atoms with Crippen LogP contribution in [0, 0.1) is 12.8 Å². The highest BCUT2D eigenvalue weighted by Gasteiger charge is 2.33. The second kappa shape index (κ2) is 8.64. The smallest absolute Gasteiger partial charge is 0.433 e. The largest absolute Gasteiger partial charge is 0.444 e. The summed E-state index contributed by atoms with van der Waals surface area (Å²) in [5.41, 5.74) is -0.865. The summed E-state index contributed by atoms with van der Waals surface area (Å²) in [6.45, 7) is 8.65. The maximum atomic E-state index is 13.0. The Morgan fingerprint density at radius 1 is 1.23 bits per heavy atom. The summed E-state index contributed by atoms with van der Waals surface area (Å²) in [7, 11) is 0. The molecule has 0 aliphatic carbocycles. The zero-order valence-corrected chi connectivity index (χ0v) is 18.7. The average molecular weight is 458 g/mol. The monoisotopic (exact) mass is 457 g/mol. The van der Waals surface area contributed by atoms with E-state index in [2.05, 4.69) is 10.3 Å². The van der Waals surface area contributed by atoms with Crippen molar-refractivity contribution in [3.63, 3.8) is 0 Å². The molecule has 31 heavy (non-hydrogen) atoms. The molecule has 3 rings (SSSR count). The van der Waals surface area contributed by atoms with Crippen LogP contribution in [-0.2, 0) is 10.9 Å². The van der Waals surface area contributed by atoms with Crippen LogP contribution in [0.1, 0.15) is 54.5 Å². The fourth-order valence-corrected chi connectivity index (χ4v) is 4.63. The SMILES string of the molecule is Cc1c(C(=O)N2CCC(CNC(=O)OC(C)(C)C)CC2)sc2nc(C(F)(F)F)ccc12. The van der Waals surface area contributed by atoms with E-state index in [1.54, 1.807) is 32.6 Å². The number of halogens is 3. The lowest BCUT2D eigenvalue weighted by Crippen LogP contribution is -2.42. The van der Waals surface area contributed by atoms with Crippen LogP contribution in [0.5, 0.6) is 0 Å². The van der Waals surface area contributed by atoms with Crippen LogP contribution in [0.2, 0.25) is 0 Å². The highest BCUT2D eigenvalue weighted by atomic mass is 32.1. The van der Waals surface area contributed by atoms with Crippen LogP contribution >= 0.6 is 11.3 Å². The number of fused-ring (bicyclic) bond motifs is 1. The fourth-order valence-electron chi connectivity index (χ4n) is 3.49. The van der Waals surface area contributed by atoms with Gasteiger partial charge in [-0.2, -0.15) is 13.2 Å². The predicted octanol–water partition coefficient (Wildman–Crippen LogP) is 5.00. The van der Waals surface area contributed by atoms with Crippen molar-refractivity contribution in [3.8, 4) is 0 Å². The first-order valence-electron chi connectivity index (χ1n) is 10.1. The minimum atomic E-state index is -4.52. The van der Waals surface area contributed by atoms with E-state index in [1.165, 1.54) is 6.07 Å². The fraction of sp³-hybridized carbons (Fsp3) is 0.571. The molecule has 170 valence electrons. The molecule has 0 aromatic carbocycles. The number of hydrogen-bond acceptors (Lipinski definition) is 5. The topological polar surface area (TPSA) is 71.5 Å². The average Bonchev–Trinajstić information content (AvgIpc) is 3.00. The van der Waals surface area contributed by atoms with Gasteiger partial charge in [0.05, 0.1) is 4.88 Å². The number of nitrogens with zero attached hydrogens (tertiary/aromatic N) is 2. The standard InChI is InChI=1S/C21H26F3N3O3S/c1-12-14-5-6-15(21(22,23)24)26-17(14)31-16(12)18(28)27-9-7-13(8-10-27)11-25-19(29)30-20(2,3)4/h5-6,13H,7-11H2,1-4H3,(H,25,29). The Hall–Kier alpha value is -2.36. The van der Waals surface area contributed by atoms with Crippen LogP contribution in [0.4, 0.5) is 18.0 Å². The number of thiophene rings is 1. The number of aromatic nitrogens is 1. The van der Waals surface area contributed by atoms with Crippen molar-refractivity contribution in [2.45, 2.75) is 52.3 Å². The Morgan fingerprint density at radius 3 is 2.45 bits per heavy atom. The van der Waals surface area contributed by atoms with E-state index in [9.17, 15) is 22.8 Å². The van der Waals surface area contributed by atoms with Gasteiger partial charge >= 0.3 is 12.3 Å². The van der Waals surface area contributed by atoms with Gasteiger partial charge in [0.2, 0.25) is 0 Å². The van der Waals surface area contributed by atoms with E-state index in [4.69, 9.17) is 4.74 Å². The van der Waals surface area contributed by atoms with E-state index >= 15 is 0 Å². The Balaban J connectivity index is 1.61. The number of carbonyl (C=O) groups excluding carboxylic acids is 2. The number of alkyl carbamates (subject to hydrolysis) is 1. The number of nitrogens with one attached hydrogen (secondary N) is 1. The third-order valence-corrected chi connectivity index (χ3v) is 6.31. The summed E-state index contributed by atoms with van der Waals surface area (Å²) < 4.78 is 44.0. The van der Waals surface area contributed by atoms with Crippen LogP contribution in [0.25, 0.3) is 10.2 Å². The lowest BCUT2D eigenvalue weighted by atomic mass is 9.96. The van der Waals surface area contributed by atoms with E-state index < -0.39 is 23.6 Å². The second-order valence-corrected chi connectivity index (χ2v) is 9.72. The van der Waals surface area contributed by atoms with Gasteiger partial charge < -0.3 is 15.0 Å². The molecule has 1 saturated heterocycles. The second-order valence-electron chi connectivity index (χ2n) is 8.72. The number of carbonyl (C=O) groups is 2. The number of pyridine rings is 1. The summed E-state index contributed by atoms with van der Waals surface area (Å²) in [6, 6.07) is 2.32. The maximum absolute atomic E-state index is 13.0. The minimum Gasteiger partial charge on any atom is -0.444 e. The van der Waals surface area contributed by atoms with Crippen LogP contribution in [0.15, 0.2) is 12.1 Å². The van der Waals surface area contributed by atoms with Crippen molar-refractivity contribution in [3.05, 3.63) is 28.3 Å². The molecule has 1 N–H and O–H groups in total. The van der Waals surface area contributed by atoms with E-state index in [-0.39, 0.29) is 16.7 Å². The molecule has 3 heterocycles. The number of hydrogen-bond donors (Lipinski definition) is 1. The molecular formula is C21H26F3N3O3S. The molecule has 1 fully saturated rings. The third kappa shape index (κ3) is 5.66. The highest BCUT2D eigenvalue weighted by Crippen LogP contribution is 2.35. The number of likely N-dealkylation sites (tertiary alicyclic amines) is 1. The van der Waals surface area contributed by atoms with Crippen molar-refractivity contribution in [2.24, 2.45) is 5.92 Å². The summed E-state index contributed by atoms with van der Waals surface area (Å²) in [6.07, 6.45) is -3.53. The molecule has 1 aliphatic rings.